The summed E-state index contributed by atoms with van der Waals surface area (Å²) >= 11 is 0. The lowest BCUT2D eigenvalue weighted by Crippen LogP contribution is -1.94. The first-order valence-corrected chi connectivity index (χ1v) is 8.50. The van der Waals surface area contributed by atoms with Gasteiger partial charge in [0.1, 0.15) is 0 Å². The normalized spacial score (nSPS) is 10.6. The Hall–Kier alpha value is -3.19. The van der Waals surface area contributed by atoms with Crippen LogP contribution in [0.2, 0.25) is 0 Å². The molecule has 0 spiro atoms. The summed E-state index contributed by atoms with van der Waals surface area (Å²) in [6.45, 7) is 2.15. The molecule has 0 aliphatic heterocycles. The number of pyridine rings is 1. The van der Waals surface area contributed by atoms with Crippen molar-refractivity contribution in [3.63, 3.8) is 0 Å². The molecule has 0 saturated heterocycles. The summed E-state index contributed by atoms with van der Waals surface area (Å²) in [6.07, 6.45) is 1.86. The van der Waals surface area contributed by atoms with Crippen LogP contribution in [0.1, 0.15) is 5.56 Å². The summed E-state index contributed by atoms with van der Waals surface area (Å²) in [5.41, 5.74) is 8.30. The summed E-state index contributed by atoms with van der Waals surface area (Å²) in [4.78, 5) is 4.65. The lowest BCUT2D eigenvalue weighted by molar-refractivity contribution is 1.32. The van der Waals surface area contributed by atoms with Gasteiger partial charge in [-0.3, -0.25) is 4.98 Å². The zero-order valence-corrected chi connectivity index (χ0v) is 14.2. The second-order valence-electron chi connectivity index (χ2n) is 6.18. The molecule has 3 aromatic carbocycles. The van der Waals surface area contributed by atoms with Gasteiger partial charge in [0.25, 0.3) is 0 Å². The Morgan fingerprint density at radius 2 is 1.12 bits per heavy atom. The van der Waals surface area contributed by atoms with E-state index in [0.29, 0.717) is 0 Å². The van der Waals surface area contributed by atoms with Crippen LogP contribution in [-0.4, -0.2) is 4.98 Å². The molecule has 0 radical (unpaired) electrons. The highest BCUT2D eigenvalue weighted by Crippen LogP contribution is 2.40. The topological polar surface area (TPSA) is 12.9 Å². The van der Waals surface area contributed by atoms with Gasteiger partial charge in [-0.2, -0.15) is 0 Å². The Balaban J connectivity index is 2.07. The van der Waals surface area contributed by atoms with Crippen molar-refractivity contribution in [2.24, 2.45) is 0 Å². The molecule has 1 aromatic heterocycles. The lowest BCUT2D eigenvalue weighted by Gasteiger charge is -2.17. The van der Waals surface area contributed by atoms with Crippen LogP contribution in [-0.2, 0) is 0 Å². The number of rotatable bonds is 3. The third-order valence-electron chi connectivity index (χ3n) is 4.37. The van der Waals surface area contributed by atoms with Crippen LogP contribution < -0.4 is 0 Å². The van der Waals surface area contributed by atoms with E-state index >= 15 is 0 Å². The third kappa shape index (κ3) is 3.09. The van der Waals surface area contributed by atoms with E-state index in [4.69, 9.17) is 0 Å². The van der Waals surface area contributed by atoms with Gasteiger partial charge in [-0.1, -0.05) is 78.9 Å². The van der Waals surface area contributed by atoms with Crippen molar-refractivity contribution < 1.29 is 0 Å². The van der Waals surface area contributed by atoms with E-state index in [2.05, 4.69) is 90.8 Å². The Labute approximate surface area is 148 Å². The summed E-state index contributed by atoms with van der Waals surface area (Å²) in [5.74, 6) is 0. The Morgan fingerprint density at radius 1 is 0.600 bits per heavy atom. The van der Waals surface area contributed by atoms with E-state index in [0.717, 1.165) is 5.69 Å². The van der Waals surface area contributed by atoms with Crippen molar-refractivity contribution in [2.45, 2.75) is 6.92 Å². The van der Waals surface area contributed by atoms with Crippen molar-refractivity contribution in [3.05, 3.63) is 103 Å². The van der Waals surface area contributed by atoms with Crippen molar-refractivity contribution >= 4 is 0 Å². The predicted molar refractivity (Wildman–Crippen MR) is 105 cm³/mol. The number of aryl methyl sites for hydroxylation is 1. The molecular formula is C24H19N. The largest absolute Gasteiger partial charge is 0.256 e. The zero-order valence-electron chi connectivity index (χ0n) is 14.2. The summed E-state index contributed by atoms with van der Waals surface area (Å²) in [5, 5.41) is 0. The SMILES string of the molecule is Cc1cc(-c2ccccc2)c(-c2ccccn2)c(-c2ccccc2)c1. The molecule has 0 aliphatic rings. The highest BCUT2D eigenvalue weighted by atomic mass is 14.7. The van der Waals surface area contributed by atoms with E-state index in [1.165, 1.54) is 33.4 Å². The van der Waals surface area contributed by atoms with Crippen LogP contribution >= 0.6 is 0 Å². The van der Waals surface area contributed by atoms with Crippen LogP contribution in [0.3, 0.4) is 0 Å². The fourth-order valence-electron chi connectivity index (χ4n) is 3.26. The molecule has 120 valence electrons. The van der Waals surface area contributed by atoms with Gasteiger partial charge in [0.05, 0.1) is 5.69 Å². The number of benzene rings is 3. The molecule has 0 atom stereocenters. The van der Waals surface area contributed by atoms with E-state index in [1.54, 1.807) is 0 Å². The van der Waals surface area contributed by atoms with Gasteiger partial charge in [-0.15, -0.1) is 0 Å². The molecule has 0 amide bonds. The van der Waals surface area contributed by atoms with Crippen molar-refractivity contribution in [2.75, 3.05) is 0 Å². The van der Waals surface area contributed by atoms with E-state index in [1.807, 2.05) is 18.3 Å². The van der Waals surface area contributed by atoms with Gasteiger partial charge in [0.2, 0.25) is 0 Å². The first-order valence-electron chi connectivity index (χ1n) is 8.50. The molecule has 25 heavy (non-hydrogen) atoms. The average molecular weight is 321 g/mol. The van der Waals surface area contributed by atoms with Gasteiger partial charge in [-0.05, 0) is 46.9 Å². The third-order valence-corrected chi connectivity index (χ3v) is 4.37. The van der Waals surface area contributed by atoms with Gasteiger partial charge in [0.15, 0.2) is 0 Å². The highest BCUT2D eigenvalue weighted by Gasteiger charge is 2.15. The monoisotopic (exact) mass is 321 g/mol. The summed E-state index contributed by atoms with van der Waals surface area (Å²) in [7, 11) is 0. The van der Waals surface area contributed by atoms with Crippen LogP contribution in [0.5, 0.6) is 0 Å². The Kier molecular flexibility index (Phi) is 4.14. The van der Waals surface area contributed by atoms with Gasteiger partial charge < -0.3 is 0 Å². The van der Waals surface area contributed by atoms with Crippen LogP contribution in [0.25, 0.3) is 33.5 Å². The molecule has 1 heterocycles. The molecule has 0 N–H and O–H groups in total. The standard InChI is InChI=1S/C24H19N/c1-18-16-21(19-10-4-2-5-11-19)24(23-14-8-9-15-25-23)22(17-18)20-12-6-3-7-13-20/h2-17H,1H3. The zero-order chi connectivity index (χ0) is 17.1. The maximum Gasteiger partial charge on any atom is 0.0714 e. The Bertz CT molecular complexity index is 914. The molecule has 0 aliphatic carbocycles. The number of nitrogens with zero attached hydrogens (tertiary/aromatic N) is 1. The fourth-order valence-corrected chi connectivity index (χ4v) is 3.26. The lowest BCUT2D eigenvalue weighted by atomic mass is 9.88. The minimum absolute atomic E-state index is 1.00. The molecule has 0 fully saturated rings. The summed E-state index contributed by atoms with van der Waals surface area (Å²) in [6, 6.07) is 31.7. The molecule has 4 rings (SSSR count). The van der Waals surface area contributed by atoms with E-state index in [9.17, 15) is 0 Å². The minimum atomic E-state index is 1.00. The first kappa shape index (κ1) is 15.3. The van der Waals surface area contributed by atoms with E-state index in [-0.39, 0.29) is 0 Å². The smallest absolute Gasteiger partial charge is 0.0714 e. The molecular weight excluding hydrogens is 302 g/mol. The number of hydrogen-bond acceptors (Lipinski definition) is 1. The maximum absolute atomic E-state index is 4.65. The second kappa shape index (κ2) is 6.74. The van der Waals surface area contributed by atoms with Gasteiger partial charge >= 0.3 is 0 Å². The second-order valence-corrected chi connectivity index (χ2v) is 6.18. The number of hydrogen-bond donors (Lipinski definition) is 0. The van der Waals surface area contributed by atoms with Crippen LogP contribution in [0.15, 0.2) is 97.2 Å². The molecule has 1 nitrogen and oxygen atoms in total. The van der Waals surface area contributed by atoms with Gasteiger partial charge in [0, 0.05) is 11.8 Å². The Morgan fingerprint density at radius 3 is 1.60 bits per heavy atom. The predicted octanol–water partition coefficient (Wildman–Crippen LogP) is 6.39. The van der Waals surface area contributed by atoms with Gasteiger partial charge in [-0.25, -0.2) is 0 Å². The average Bonchev–Trinajstić information content (AvgIpc) is 2.69. The first-order chi connectivity index (χ1) is 12.3. The number of aromatic nitrogens is 1. The molecule has 4 aromatic rings. The van der Waals surface area contributed by atoms with Crippen molar-refractivity contribution in [1.29, 1.82) is 0 Å². The molecule has 0 bridgehead atoms. The van der Waals surface area contributed by atoms with Crippen molar-refractivity contribution in [3.8, 4) is 33.5 Å². The molecule has 0 saturated carbocycles. The molecule has 0 unspecified atom stereocenters. The van der Waals surface area contributed by atoms with Crippen LogP contribution in [0.4, 0.5) is 0 Å². The quantitative estimate of drug-likeness (QED) is 0.426. The van der Waals surface area contributed by atoms with Crippen molar-refractivity contribution in [1.82, 2.24) is 4.98 Å². The maximum atomic E-state index is 4.65. The van der Waals surface area contributed by atoms with Crippen LogP contribution in [0, 0.1) is 6.92 Å². The highest BCUT2D eigenvalue weighted by molar-refractivity contribution is 5.93. The summed E-state index contributed by atoms with van der Waals surface area (Å²) < 4.78 is 0. The molecule has 1 heteroatoms. The minimum Gasteiger partial charge on any atom is -0.256 e. The van der Waals surface area contributed by atoms with E-state index < -0.39 is 0 Å². The fraction of sp³-hybridized carbons (Fsp3) is 0.0417.